The number of hydrogen-bond acceptors (Lipinski definition) is 7. The maximum Gasteiger partial charge on any atom is 0.279 e. The number of methoxy groups -OCH3 is 2. The summed E-state index contributed by atoms with van der Waals surface area (Å²) in [4.78, 5) is 17.9. The maximum absolute atomic E-state index is 12.9. The van der Waals surface area contributed by atoms with Gasteiger partial charge in [0.2, 0.25) is 0 Å². The van der Waals surface area contributed by atoms with Crippen molar-refractivity contribution in [2.24, 2.45) is 4.99 Å². The van der Waals surface area contributed by atoms with E-state index in [1.54, 1.807) is 45.0 Å². The van der Waals surface area contributed by atoms with Gasteiger partial charge < -0.3 is 14.0 Å². The lowest BCUT2D eigenvalue weighted by molar-refractivity contribution is 0.0997. The van der Waals surface area contributed by atoms with Crippen molar-refractivity contribution in [3.05, 3.63) is 46.8 Å². The average molecular weight is 481 g/mol. The minimum Gasteiger partial charge on any atom is -0.493 e. The summed E-state index contributed by atoms with van der Waals surface area (Å²) < 4.78 is 38.1. The number of thioether (sulfide) groups is 1. The number of sulfone groups is 1. The highest BCUT2D eigenvalue weighted by Gasteiger charge is 2.16. The molecule has 0 aliphatic heterocycles. The van der Waals surface area contributed by atoms with E-state index in [9.17, 15) is 13.2 Å². The number of benzene rings is 2. The van der Waals surface area contributed by atoms with E-state index in [1.165, 1.54) is 23.5 Å². The Kier molecular flexibility index (Phi) is 7.45. The summed E-state index contributed by atoms with van der Waals surface area (Å²) in [6.07, 6.45) is 2.01. The zero-order chi connectivity index (χ0) is 22.6. The van der Waals surface area contributed by atoms with Crippen LogP contribution in [-0.2, 0) is 16.4 Å². The summed E-state index contributed by atoms with van der Waals surface area (Å²) >= 11 is 3.06. The fourth-order valence-corrected chi connectivity index (χ4v) is 5.38. The molecule has 1 aromatic heterocycles. The topological polar surface area (TPSA) is 87.0 Å². The lowest BCUT2D eigenvalue weighted by Crippen LogP contribution is -2.18. The number of amides is 1. The molecule has 1 amide bonds. The molecular weight excluding hydrogens is 456 g/mol. The molecule has 0 fully saturated rings. The number of thiazole rings is 1. The van der Waals surface area contributed by atoms with Gasteiger partial charge in [0.25, 0.3) is 5.91 Å². The standard InChI is InChI=1S/C21H24N2O5S3/c1-5-31(25,26)15-8-6-7-14(11-15)20(24)22-21-23(9-10-29-4)16-12-17(27-2)18(28-3)13-19(16)30-21/h6-8,11-13H,5,9-10H2,1-4H3. The fourth-order valence-electron chi connectivity index (χ4n) is 3.02. The molecule has 0 aliphatic rings. The number of aryl methyl sites for hydroxylation is 1. The highest BCUT2D eigenvalue weighted by Crippen LogP contribution is 2.33. The van der Waals surface area contributed by atoms with Crippen molar-refractivity contribution < 1.29 is 22.7 Å². The van der Waals surface area contributed by atoms with E-state index >= 15 is 0 Å². The van der Waals surface area contributed by atoms with Crippen LogP contribution < -0.4 is 14.3 Å². The van der Waals surface area contributed by atoms with Crippen LogP contribution in [0.1, 0.15) is 17.3 Å². The first-order chi connectivity index (χ1) is 14.8. The van der Waals surface area contributed by atoms with Crippen LogP contribution in [-0.4, -0.2) is 50.9 Å². The molecule has 0 radical (unpaired) electrons. The van der Waals surface area contributed by atoms with Gasteiger partial charge in [-0.1, -0.05) is 24.3 Å². The van der Waals surface area contributed by atoms with Crippen molar-refractivity contribution >= 4 is 49.1 Å². The van der Waals surface area contributed by atoms with Gasteiger partial charge in [-0.3, -0.25) is 4.79 Å². The van der Waals surface area contributed by atoms with E-state index in [0.29, 0.717) is 22.8 Å². The van der Waals surface area contributed by atoms with Crippen LogP contribution in [0.25, 0.3) is 10.2 Å². The van der Waals surface area contributed by atoms with Gasteiger partial charge in [0, 0.05) is 30.0 Å². The number of carbonyl (C=O) groups is 1. The van der Waals surface area contributed by atoms with Gasteiger partial charge in [0.05, 0.1) is 35.1 Å². The van der Waals surface area contributed by atoms with Gasteiger partial charge in [-0.25, -0.2) is 8.42 Å². The van der Waals surface area contributed by atoms with Crippen molar-refractivity contribution in [1.29, 1.82) is 0 Å². The van der Waals surface area contributed by atoms with E-state index in [0.717, 1.165) is 16.0 Å². The fraction of sp³-hybridized carbons (Fsp3) is 0.333. The second-order valence-corrected chi connectivity index (χ2v) is 10.8. The Bertz CT molecular complexity index is 1280. The van der Waals surface area contributed by atoms with Crippen LogP contribution in [0.5, 0.6) is 11.5 Å². The highest BCUT2D eigenvalue weighted by molar-refractivity contribution is 7.98. The van der Waals surface area contributed by atoms with Crippen LogP contribution in [0.15, 0.2) is 46.3 Å². The molecule has 3 aromatic rings. The summed E-state index contributed by atoms with van der Waals surface area (Å²) in [7, 11) is -0.258. The second-order valence-electron chi connectivity index (χ2n) is 6.55. The van der Waals surface area contributed by atoms with Gasteiger partial charge in [-0.2, -0.15) is 16.8 Å². The molecule has 0 spiro atoms. The van der Waals surface area contributed by atoms with Crippen molar-refractivity contribution in [2.45, 2.75) is 18.4 Å². The van der Waals surface area contributed by atoms with Crippen molar-refractivity contribution in [2.75, 3.05) is 32.0 Å². The minimum absolute atomic E-state index is 0.0313. The van der Waals surface area contributed by atoms with Gasteiger partial charge in [0.15, 0.2) is 26.1 Å². The molecule has 3 rings (SSSR count). The predicted octanol–water partition coefficient (Wildman–Crippen LogP) is 3.62. The lowest BCUT2D eigenvalue weighted by atomic mass is 10.2. The normalized spacial score (nSPS) is 12.3. The van der Waals surface area contributed by atoms with Crippen molar-refractivity contribution in [3.8, 4) is 11.5 Å². The third-order valence-electron chi connectivity index (χ3n) is 4.72. The van der Waals surface area contributed by atoms with Gasteiger partial charge in [-0.15, -0.1) is 0 Å². The van der Waals surface area contributed by atoms with Crippen LogP contribution in [0, 0.1) is 0 Å². The Morgan fingerprint density at radius 1 is 1.16 bits per heavy atom. The van der Waals surface area contributed by atoms with Crippen molar-refractivity contribution in [1.82, 2.24) is 4.57 Å². The number of carbonyl (C=O) groups excluding carboxylic acids is 1. The quantitative estimate of drug-likeness (QED) is 0.489. The molecule has 7 nitrogen and oxygen atoms in total. The molecule has 10 heteroatoms. The molecule has 0 N–H and O–H groups in total. The third-order valence-corrected chi connectivity index (χ3v) is 8.09. The molecule has 0 unspecified atom stereocenters. The third kappa shape index (κ3) is 4.97. The lowest BCUT2D eigenvalue weighted by Gasteiger charge is -2.09. The molecule has 0 bridgehead atoms. The molecule has 1 heterocycles. The number of nitrogens with zero attached hydrogens (tertiary/aromatic N) is 2. The summed E-state index contributed by atoms with van der Waals surface area (Å²) in [6.45, 7) is 2.23. The van der Waals surface area contributed by atoms with Crippen LogP contribution in [0.2, 0.25) is 0 Å². The summed E-state index contributed by atoms with van der Waals surface area (Å²) in [5.74, 6) is 1.52. The number of aromatic nitrogens is 1. The molecule has 0 aliphatic carbocycles. The second kappa shape index (κ2) is 9.88. The smallest absolute Gasteiger partial charge is 0.279 e. The van der Waals surface area contributed by atoms with Crippen molar-refractivity contribution in [3.63, 3.8) is 0 Å². The Hall–Kier alpha value is -2.30. The first kappa shape index (κ1) is 23.4. The zero-order valence-corrected chi connectivity index (χ0v) is 20.2. The first-order valence-corrected chi connectivity index (χ1v) is 13.4. The number of hydrogen-bond donors (Lipinski definition) is 0. The largest absolute Gasteiger partial charge is 0.493 e. The molecular formula is C21H24N2O5S3. The average Bonchev–Trinajstić information content (AvgIpc) is 3.12. The monoisotopic (exact) mass is 480 g/mol. The molecule has 166 valence electrons. The van der Waals surface area contributed by atoms with Gasteiger partial charge >= 0.3 is 0 Å². The molecule has 2 aromatic carbocycles. The number of fused-ring (bicyclic) bond motifs is 1. The first-order valence-electron chi connectivity index (χ1n) is 9.50. The van der Waals surface area contributed by atoms with E-state index in [-0.39, 0.29) is 16.2 Å². The maximum atomic E-state index is 12.9. The molecule has 31 heavy (non-hydrogen) atoms. The van der Waals surface area contributed by atoms with E-state index in [2.05, 4.69) is 4.99 Å². The SMILES string of the molecule is CCS(=O)(=O)c1cccc(C(=O)N=c2sc3cc(OC)c(OC)cc3n2CCSC)c1. The summed E-state index contributed by atoms with van der Waals surface area (Å²) in [5, 5.41) is 0. The Morgan fingerprint density at radius 3 is 2.52 bits per heavy atom. The van der Waals surface area contributed by atoms with E-state index in [1.807, 2.05) is 23.0 Å². The summed E-state index contributed by atoms with van der Waals surface area (Å²) in [5.41, 5.74) is 1.13. The van der Waals surface area contributed by atoms with Crippen LogP contribution >= 0.6 is 23.1 Å². The summed E-state index contributed by atoms with van der Waals surface area (Å²) in [6, 6.07) is 9.76. The Labute approximate surface area is 189 Å². The zero-order valence-electron chi connectivity index (χ0n) is 17.7. The Balaban J connectivity index is 2.14. The highest BCUT2D eigenvalue weighted by atomic mass is 32.2. The molecule has 0 atom stereocenters. The predicted molar refractivity (Wildman–Crippen MR) is 125 cm³/mol. The van der Waals surface area contributed by atoms with Crippen LogP contribution in [0.4, 0.5) is 0 Å². The number of rotatable bonds is 8. The molecule has 0 saturated carbocycles. The Morgan fingerprint density at radius 2 is 1.87 bits per heavy atom. The van der Waals surface area contributed by atoms with E-state index < -0.39 is 15.7 Å². The molecule has 0 saturated heterocycles. The van der Waals surface area contributed by atoms with Crippen LogP contribution in [0.3, 0.4) is 0 Å². The minimum atomic E-state index is -3.41. The van der Waals surface area contributed by atoms with Gasteiger partial charge in [-0.05, 0) is 24.5 Å². The van der Waals surface area contributed by atoms with Gasteiger partial charge in [0.1, 0.15) is 0 Å². The van der Waals surface area contributed by atoms with E-state index in [4.69, 9.17) is 9.47 Å². The number of ether oxygens (including phenoxy) is 2.